The predicted octanol–water partition coefficient (Wildman–Crippen LogP) is 1.91. The summed E-state index contributed by atoms with van der Waals surface area (Å²) in [5.41, 5.74) is 5.86. The van der Waals surface area contributed by atoms with Crippen molar-refractivity contribution in [2.45, 2.75) is 6.36 Å². The minimum Gasteiger partial charge on any atom is -0.405 e. The highest BCUT2D eigenvalue weighted by atomic mass is 79.9. The van der Waals surface area contributed by atoms with Crippen molar-refractivity contribution in [1.29, 1.82) is 0 Å². The van der Waals surface area contributed by atoms with Crippen molar-refractivity contribution in [3.05, 3.63) is 22.7 Å². The van der Waals surface area contributed by atoms with Crippen LogP contribution in [0.1, 0.15) is 0 Å². The zero-order valence-corrected chi connectivity index (χ0v) is 10.1. The molecule has 1 heterocycles. The molecule has 2 N–H and O–H groups in total. The van der Waals surface area contributed by atoms with E-state index in [1.54, 1.807) is 0 Å². The molecule has 10 heteroatoms. The fourth-order valence-electron chi connectivity index (χ4n) is 1.21. The summed E-state index contributed by atoms with van der Waals surface area (Å²) in [6.07, 6.45) is -4.75. The smallest absolute Gasteiger partial charge is 0.405 e. The fraction of sp³-hybridized carbons (Fsp3) is 0.125. The Kier molecular flexibility index (Phi) is 3.11. The van der Waals surface area contributed by atoms with Crippen LogP contribution in [-0.4, -0.2) is 26.6 Å². The number of nitrogens with zero attached hydrogens (tertiary/aromatic N) is 4. The average molecular weight is 324 g/mol. The van der Waals surface area contributed by atoms with Crippen LogP contribution in [0.4, 0.5) is 19.1 Å². The molecule has 2 rings (SSSR count). The maximum atomic E-state index is 12.1. The van der Waals surface area contributed by atoms with Crippen LogP contribution in [-0.2, 0) is 0 Å². The molecule has 0 unspecified atom stereocenters. The lowest BCUT2D eigenvalue weighted by Crippen LogP contribution is -2.17. The monoisotopic (exact) mass is 323 g/mol. The molecule has 0 amide bonds. The van der Waals surface area contributed by atoms with Crippen LogP contribution in [0, 0.1) is 0 Å². The molecule has 0 aliphatic rings. The maximum Gasteiger partial charge on any atom is 0.573 e. The van der Waals surface area contributed by atoms with Crippen LogP contribution in [0.3, 0.4) is 0 Å². The van der Waals surface area contributed by atoms with Gasteiger partial charge in [0.05, 0.1) is 10.2 Å². The van der Waals surface area contributed by atoms with Crippen LogP contribution in [0.25, 0.3) is 5.69 Å². The molecule has 0 spiro atoms. The van der Waals surface area contributed by atoms with Gasteiger partial charge in [-0.1, -0.05) is 5.10 Å². The molecular formula is C8H5BrF3N5O. The number of ether oxygens (including phenoxy) is 1. The normalized spacial score (nSPS) is 11.6. The van der Waals surface area contributed by atoms with Gasteiger partial charge in [0.1, 0.15) is 5.75 Å². The molecule has 0 aliphatic carbocycles. The summed E-state index contributed by atoms with van der Waals surface area (Å²) in [6.45, 7) is 0. The number of aromatic nitrogens is 4. The summed E-state index contributed by atoms with van der Waals surface area (Å²) in [7, 11) is 0. The van der Waals surface area contributed by atoms with Gasteiger partial charge in [0.2, 0.25) is 5.95 Å². The Balaban J connectivity index is 2.34. The molecule has 0 bridgehead atoms. The van der Waals surface area contributed by atoms with Gasteiger partial charge in [-0.3, -0.25) is 0 Å². The highest BCUT2D eigenvalue weighted by molar-refractivity contribution is 9.10. The Morgan fingerprint density at radius 1 is 1.33 bits per heavy atom. The van der Waals surface area contributed by atoms with Crippen LogP contribution in [0.5, 0.6) is 5.75 Å². The minimum absolute atomic E-state index is 0.0198. The standard InChI is InChI=1S/C8H5BrF3N5O/c9-5-3-4(17-7(13)14-15-16-17)1-2-6(5)18-8(10,11)12/h1-3H,(H2,13,14,16). The molecular weight excluding hydrogens is 319 g/mol. The Bertz CT molecular complexity index is 570. The van der Waals surface area contributed by atoms with Gasteiger partial charge in [0.15, 0.2) is 0 Å². The Labute approximate surface area is 107 Å². The molecule has 6 nitrogen and oxygen atoms in total. The summed E-state index contributed by atoms with van der Waals surface area (Å²) in [5, 5.41) is 10.4. The number of alkyl halides is 3. The van der Waals surface area contributed by atoms with Gasteiger partial charge in [-0.25, -0.2) is 0 Å². The van der Waals surface area contributed by atoms with Crippen LogP contribution < -0.4 is 10.5 Å². The first-order valence-corrected chi connectivity index (χ1v) is 5.25. The zero-order chi connectivity index (χ0) is 13.3. The van der Waals surface area contributed by atoms with E-state index in [0.29, 0.717) is 5.69 Å². The number of hydrogen-bond donors (Lipinski definition) is 1. The second-order valence-corrected chi connectivity index (χ2v) is 3.97. The number of hydrogen-bond acceptors (Lipinski definition) is 5. The van der Waals surface area contributed by atoms with Crippen LogP contribution >= 0.6 is 15.9 Å². The lowest BCUT2D eigenvalue weighted by Gasteiger charge is -2.11. The van der Waals surface area contributed by atoms with Gasteiger partial charge >= 0.3 is 6.36 Å². The quantitative estimate of drug-likeness (QED) is 0.913. The topological polar surface area (TPSA) is 78.9 Å². The Morgan fingerprint density at radius 3 is 2.56 bits per heavy atom. The SMILES string of the molecule is Nc1nnnn1-c1ccc(OC(F)(F)F)c(Br)c1. The van der Waals surface area contributed by atoms with E-state index >= 15 is 0 Å². The molecule has 2 aromatic rings. The van der Waals surface area contributed by atoms with E-state index < -0.39 is 6.36 Å². The first-order valence-electron chi connectivity index (χ1n) is 4.46. The highest BCUT2D eigenvalue weighted by Crippen LogP contribution is 2.32. The Hall–Kier alpha value is -1.84. The third-order valence-corrected chi connectivity index (χ3v) is 2.50. The number of rotatable bonds is 2. The molecule has 96 valence electrons. The zero-order valence-electron chi connectivity index (χ0n) is 8.52. The number of tetrazole rings is 1. The van der Waals surface area contributed by atoms with Crippen molar-refractivity contribution in [1.82, 2.24) is 20.2 Å². The molecule has 0 fully saturated rings. The number of nitrogens with two attached hydrogens (primary N) is 1. The summed E-state index contributed by atoms with van der Waals surface area (Å²) in [5.74, 6) is -0.343. The van der Waals surface area contributed by atoms with Crippen molar-refractivity contribution in [2.24, 2.45) is 0 Å². The van der Waals surface area contributed by atoms with Gasteiger partial charge in [-0.2, -0.15) is 4.68 Å². The average Bonchev–Trinajstić information content (AvgIpc) is 2.66. The van der Waals surface area contributed by atoms with E-state index in [1.165, 1.54) is 16.8 Å². The van der Waals surface area contributed by atoms with E-state index in [1.807, 2.05) is 0 Å². The maximum absolute atomic E-state index is 12.1. The largest absolute Gasteiger partial charge is 0.573 e. The third-order valence-electron chi connectivity index (χ3n) is 1.88. The lowest BCUT2D eigenvalue weighted by atomic mass is 10.3. The van der Waals surface area contributed by atoms with Gasteiger partial charge < -0.3 is 10.5 Å². The van der Waals surface area contributed by atoms with E-state index in [4.69, 9.17) is 5.73 Å². The van der Waals surface area contributed by atoms with Crippen molar-refractivity contribution in [3.63, 3.8) is 0 Å². The first-order chi connectivity index (χ1) is 8.37. The van der Waals surface area contributed by atoms with Gasteiger partial charge in [-0.05, 0) is 44.6 Å². The second-order valence-electron chi connectivity index (χ2n) is 3.11. The van der Waals surface area contributed by atoms with Crippen molar-refractivity contribution >= 4 is 21.9 Å². The van der Waals surface area contributed by atoms with E-state index in [0.717, 1.165) is 6.07 Å². The van der Waals surface area contributed by atoms with Crippen LogP contribution in [0.2, 0.25) is 0 Å². The molecule has 0 saturated heterocycles. The summed E-state index contributed by atoms with van der Waals surface area (Å²) in [6, 6.07) is 3.83. The van der Waals surface area contributed by atoms with Crippen LogP contribution in [0.15, 0.2) is 22.7 Å². The van der Waals surface area contributed by atoms with E-state index in [-0.39, 0.29) is 16.2 Å². The first kappa shape index (κ1) is 12.6. The summed E-state index contributed by atoms with van der Waals surface area (Å²) >= 11 is 2.96. The third kappa shape index (κ3) is 2.70. The molecule has 0 radical (unpaired) electrons. The van der Waals surface area contributed by atoms with E-state index in [2.05, 4.69) is 36.2 Å². The highest BCUT2D eigenvalue weighted by Gasteiger charge is 2.32. The van der Waals surface area contributed by atoms with Gasteiger partial charge in [-0.15, -0.1) is 13.2 Å². The van der Waals surface area contributed by atoms with Crippen molar-refractivity contribution < 1.29 is 17.9 Å². The number of benzene rings is 1. The van der Waals surface area contributed by atoms with Gasteiger partial charge in [0, 0.05) is 0 Å². The fourth-order valence-corrected chi connectivity index (χ4v) is 1.65. The molecule has 0 atom stereocenters. The van der Waals surface area contributed by atoms with E-state index in [9.17, 15) is 13.2 Å². The van der Waals surface area contributed by atoms with Crippen molar-refractivity contribution in [2.75, 3.05) is 5.73 Å². The molecule has 18 heavy (non-hydrogen) atoms. The second kappa shape index (κ2) is 4.44. The number of anilines is 1. The molecule has 0 saturated carbocycles. The summed E-state index contributed by atoms with van der Waals surface area (Å²) in [4.78, 5) is 0. The molecule has 1 aromatic carbocycles. The number of halogens is 4. The predicted molar refractivity (Wildman–Crippen MR) is 57.9 cm³/mol. The molecule has 0 aliphatic heterocycles. The number of nitrogen functional groups attached to an aromatic ring is 1. The Morgan fingerprint density at radius 2 is 2.06 bits per heavy atom. The lowest BCUT2D eigenvalue weighted by molar-refractivity contribution is -0.274. The summed E-state index contributed by atoms with van der Waals surface area (Å²) < 4.78 is 41.2. The van der Waals surface area contributed by atoms with Crippen molar-refractivity contribution in [3.8, 4) is 11.4 Å². The van der Waals surface area contributed by atoms with Gasteiger partial charge in [0.25, 0.3) is 0 Å². The minimum atomic E-state index is -4.75. The molecule has 1 aromatic heterocycles.